The summed E-state index contributed by atoms with van der Waals surface area (Å²) in [5, 5.41) is 7.52. The first-order valence-electron chi connectivity index (χ1n) is 9.90. The Balaban J connectivity index is 1.57. The highest BCUT2D eigenvalue weighted by molar-refractivity contribution is 8.00. The zero-order chi connectivity index (χ0) is 21.8. The van der Waals surface area contributed by atoms with Crippen LogP contribution in [0.2, 0.25) is 0 Å². The lowest BCUT2D eigenvalue weighted by Gasteiger charge is -2.25. The van der Waals surface area contributed by atoms with Crippen LogP contribution in [0.1, 0.15) is 30.1 Å². The van der Waals surface area contributed by atoms with Gasteiger partial charge in [0.05, 0.1) is 4.90 Å². The molecule has 1 unspecified atom stereocenters. The Morgan fingerprint density at radius 3 is 2.48 bits per heavy atom. The van der Waals surface area contributed by atoms with E-state index >= 15 is 0 Å². The first-order chi connectivity index (χ1) is 14.9. The summed E-state index contributed by atoms with van der Waals surface area (Å²) in [5.41, 5.74) is 6.78. The number of hydrogen-bond acceptors (Lipinski definition) is 7. The minimum Gasteiger partial charge on any atom is -0.411 e. The zero-order valence-corrected chi connectivity index (χ0v) is 18.3. The molecule has 1 aliphatic heterocycles. The predicted octanol–water partition coefficient (Wildman–Crippen LogP) is 3.23. The van der Waals surface area contributed by atoms with Gasteiger partial charge in [0.25, 0.3) is 5.22 Å². The molecule has 1 amide bonds. The summed E-state index contributed by atoms with van der Waals surface area (Å²) in [6.07, 6.45) is 2.78. The van der Waals surface area contributed by atoms with Crippen molar-refractivity contribution >= 4 is 27.7 Å². The number of aromatic nitrogens is 2. The minimum absolute atomic E-state index is 0.173. The fraction of sp³-hybridized carbons (Fsp3) is 0.286. The Morgan fingerprint density at radius 2 is 1.77 bits per heavy atom. The summed E-state index contributed by atoms with van der Waals surface area (Å²) >= 11 is 1.06. The summed E-state index contributed by atoms with van der Waals surface area (Å²) in [7, 11) is -3.57. The lowest BCUT2D eigenvalue weighted by molar-refractivity contribution is -0.117. The number of primary amides is 1. The van der Waals surface area contributed by atoms with Gasteiger partial charge < -0.3 is 10.2 Å². The number of nitrogens with zero attached hydrogens (tertiary/aromatic N) is 3. The second kappa shape index (κ2) is 9.21. The van der Waals surface area contributed by atoms with Gasteiger partial charge in [-0.1, -0.05) is 42.8 Å². The van der Waals surface area contributed by atoms with Crippen molar-refractivity contribution in [2.75, 3.05) is 13.1 Å². The third-order valence-electron chi connectivity index (χ3n) is 5.02. The summed E-state index contributed by atoms with van der Waals surface area (Å²) in [4.78, 5) is 12.1. The molecular formula is C21H22N4O4S2. The number of rotatable bonds is 7. The molecule has 3 aromatic rings. The van der Waals surface area contributed by atoms with E-state index in [0.29, 0.717) is 18.7 Å². The standard InChI is InChI=1S/C21H22N4O4S2/c22-19(26)18(15-8-3-1-4-9-15)30-21-24-23-20(29-21)16-10-7-11-17(14-16)31(27,28)25-12-5-2-6-13-25/h1,3-4,7-11,14,18H,2,5-6,12-13H2,(H2,22,26). The van der Waals surface area contributed by atoms with Crippen molar-refractivity contribution in [1.29, 1.82) is 0 Å². The number of piperidine rings is 1. The van der Waals surface area contributed by atoms with Gasteiger partial charge in [0.1, 0.15) is 5.25 Å². The van der Waals surface area contributed by atoms with E-state index < -0.39 is 21.2 Å². The summed E-state index contributed by atoms with van der Waals surface area (Å²) in [6.45, 7) is 1.06. The van der Waals surface area contributed by atoms with Gasteiger partial charge in [-0.3, -0.25) is 4.79 Å². The number of amides is 1. The van der Waals surface area contributed by atoms with Crippen LogP contribution >= 0.6 is 11.8 Å². The van der Waals surface area contributed by atoms with E-state index in [9.17, 15) is 13.2 Å². The maximum atomic E-state index is 13.0. The fourth-order valence-electron chi connectivity index (χ4n) is 3.44. The molecule has 1 aliphatic rings. The van der Waals surface area contributed by atoms with Crippen LogP contribution < -0.4 is 5.73 Å². The molecule has 2 aromatic carbocycles. The van der Waals surface area contributed by atoms with Gasteiger partial charge in [0.15, 0.2) is 0 Å². The van der Waals surface area contributed by atoms with Crippen LogP contribution in [-0.2, 0) is 14.8 Å². The predicted molar refractivity (Wildman–Crippen MR) is 117 cm³/mol. The van der Waals surface area contributed by atoms with Crippen LogP contribution in [0.15, 0.2) is 69.1 Å². The van der Waals surface area contributed by atoms with Crippen molar-refractivity contribution < 1.29 is 17.6 Å². The largest absolute Gasteiger partial charge is 0.411 e. The molecule has 2 heterocycles. The van der Waals surface area contributed by atoms with Crippen molar-refractivity contribution in [2.45, 2.75) is 34.6 Å². The van der Waals surface area contributed by atoms with Gasteiger partial charge in [-0.25, -0.2) is 8.42 Å². The Labute approximate surface area is 184 Å². The summed E-state index contributed by atoms with van der Waals surface area (Å²) in [5.74, 6) is -0.347. The molecule has 1 fully saturated rings. The smallest absolute Gasteiger partial charge is 0.277 e. The lowest BCUT2D eigenvalue weighted by Crippen LogP contribution is -2.35. The van der Waals surface area contributed by atoms with E-state index in [1.165, 1.54) is 10.4 Å². The zero-order valence-electron chi connectivity index (χ0n) is 16.7. The van der Waals surface area contributed by atoms with Crippen molar-refractivity contribution in [3.05, 3.63) is 60.2 Å². The van der Waals surface area contributed by atoms with E-state index in [4.69, 9.17) is 10.2 Å². The number of carbonyl (C=O) groups excluding carboxylic acids is 1. The SMILES string of the molecule is NC(=O)C(Sc1nnc(-c2cccc(S(=O)(=O)N3CCCCC3)c2)o1)c1ccccc1. The second-order valence-corrected chi connectivity index (χ2v) is 10.2. The molecule has 10 heteroatoms. The molecule has 2 N–H and O–H groups in total. The van der Waals surface area contributed by atoms with Gasteiger partial charge in [-0.15, -0.1) is 10.2 Å². The molecule has 8 nitrogen and oxygen atoms in total. The highest BCUT2D eigenvalue weighted by Crippen LogP contribution is 2.35. The van der Waals surface area contributed by atoms with Crippen LogP contribution in [0.4, 0.5) is 0 Å². The van der Waals surface area contributed by atoms with Crippen LogP contribution in [-0.4, -0.2) is 41.9 Å². The molecule has 162 valence electrons. The number of thioether (sulfide) groups is 1. The first-order valence-corrected chi connectivity index (χ1v) is 12.2. The number of nitrogens with two attached hydrogens (primary N) is 1. The van der Waals surface area contributed by atoms with Gasteiger partial charge in [-0.05, 0) is 48.4 Å². The van der Waals surface area contributed by atoms with E-state index in [1.807, 2.05) is 18.2 Å². The highest BCUT2D eigenvalue weighted by atomic mass is 32.2. The first kappa shape index (κ1) is 21.5. The van der Waals surface area contributed by atoms with Crippen LogP contribution in [0.5, 0.6) is 0 Å². The molecule has 0 saturated carbocycles. The number of benzene rings is 2. The monoisotopic (exact) mass is 458 g/mol. The van der Waals surface area contributed by atoms with Crippen LogP contribution in [0.25, 0.3) is 11.5 Å². The average molecular weight is 459 g/mol. The van der Waals surface area contributed by atoms with Gasteiger partial charge in [0, 0.05) is 18.7 Å². The molecule has 31 heavy (non-hydrogen) atoms. The molecule has 0 radical (unpaired) electrons. The Morgan fingerprint density at radius 1 is 1.03 bits per heavy atom. The molecule has 0 spiro atoms. The highest BCUT2D eigenvalue weighted by Gasteiger charge is 2.27. The quantitative estimate of drug-likeness (QED) is 0.540. The number of hydrogen-bond donors (Lipinski definition) is 1. The van der Waals surface area contributed by atoms with Crippen molar-refractivity contribution in [3.8, 4) is 11.5 Å². The number of carbonyl (C=O) groups is 1. The molecule has 1 atom stereocenters. The van der Waals surface area contributed by atoms with E-state index in [1.54, 1.807) is 30.3 Å². The van der Waals surface area contributed by atoms with E-state index in [0.717, 1.165) is 36.6 Å². The third-order valence-corrected chi connectivity index (χ3v) is 8.02. The number of sulfonamides is 1. The third kappa shape index (κ3) is 4.81. The minimum atomic E-state index is -3.57. The normalized spacial score (nSPS) is 16.1. The second-order valence-electron chi connectivity index (χ2n) is 7.18. The van der Waals surface area contributed by atoms with E-state index in [2.05, 4.69) is 10.2 Å². The van der Waals surface area contributed by atoms with Gasteiger partial charge >= 0.3 is 0 Å². The van der Waals surface area contributed by atoms with Crippen LogP contribution in [0, 0.1) is 0 Å². The van der Waals surface area contributed by atoms with Crippen molar-refractivity contribution in [1.82, 2.24) is 14.5 Å². The molecular weight excluding hydrogens is 436 g/mol. The maximum absolute atomic E-state index is 13.0. The lowest BCUT2D eigenvalue weighted by atomic mass is 10.1. The topological polar surface area (TPSA) is 119 Å². The van der Waals surface area contributed by atoms with Crippen molar-refractivity contribution in [3.63, 3.8) is 0 Å². The Kier molecular flexibility index (Phi) is 6.40. The molecule has 0 bridgehead atoms. The Bertz CT molecular complexity index is 1160. The average Bonchev–Trinajstić information content (AvgIpc) is 3.27. The summed E-state index contributed by atoms with van der Waals surface area (Å²) < 4.78 is 33.1. The maximum Gasteiger partial charge on any atom is 0.277 e. The van der Waals surface area contributed by atoms with Crippen LogP contribution in [0.3, 0.4) is 0 Å². The molecule has 1 saturated heterocycles. The van der Waals surface area contributed by atoms with E-state index in [-0.39, 0.29) is 16.0 Å². The fourth-order valence-corrected chi connectivity index (χ4v) is 5.83. The molecule has 0 aliphatic carbocycles. The molecule has 4 rings (SSSR count). The Hall–Kier alpha value is -2.69. The van der Waals surface area contributed by atoms with Crippen molar-refractivity contribution in [2.24, 2.45) is 5.73 Å². The molecule has 1 aromatic heterocycles. The summed E-state index contributed by atoms with van der Waals surface area (Å²) in [6, 6.07) is 15.6. The van der Waals surface area contributed by atoms with Gasteiger partial charge in [0.2, 0.25) is 21.8 Å². The van der Waals surface area contributed by atoms with Gasteiger partial charge in [-0.2, -0.15) is 4.31 Å².